The number of Topliss-reactive ketones (excluding diaryl/α,β-unsaturated/α-hetero) is 1. The smallest absolute Gasteiger partial charge is 0.317 e. The van der Waals surface area contributed by atoms with Crippen molar-refractivity contribution in [2.45, 2.75) is 25.2 Å². The molecule has 3 nitrogen and oxygen atoms in total. The van der Waals surface area contributed by atoms with Crippen molar-refractivity contribution in [2.24, 2.45) is 5.92 Å². The highest BCUT2D eigenvalue weighted by atomic mass is 35.5. The highest BCUT2D eigenvalue weighted by molar-refractivity contribution is 6.32. The highest BCUT2D eigenvalue weighted by Gasteiger charge is 2.49. The normalized spacial score (nSPS) is 22.8. The molecule has 0 aliphatic heterocycles. The number of carbonyl (C=O) groups is 2. The third-order valence-electron chi connectivity index (χ3n) is 4.67. The lowest BCUT2D eigenvalue weighted by atomic mass is 9.79. The molecule has 3 rings (SSSR count). The van der Waals surface area contributed by atoms with E-state index in [4.69, 9.17) is 27.9 Å². The van der Waals surface area contributed by atoms with Gasteiger partial charge in [0.1, 0.15) is 11.7 Å². The summed E-state index contributed by atoms with van der Waals surface area (Å²) in [5.74, 6) is -2.09. The number of esters is 1. The van der Waals surface area contributed by atoms with Crippen molar-refractivity contribution < 1.29 is 14.3 Å². The number of rotatable bonds is 4. The van der Waals surface area contributed by atoms with Gasteiger partial charge in [0.2, 0.25) is 0 Å². The Morgan fingerprint density at radius 3 is 2.16 bits per heavy atom. The zero-order chi connectivity index (χ0) is 18.0. The molecule has 0 spiro atoms. The number of carbonyl (C=O) groups excluding carboxylic acids is 2. The van der Waals surface area contributed by atoms with Crippen LogP contribution in [-0.4, -0.2) is 18.4 Å². The minimum atomic E-state index is -0.860. The largest absolute Gasteiger partial charge is 0.465 e. The van der Waals surface area contributed by atoms with Crippen LogP contribution in [0.3, 0.4) is 0 Å². The molecule has 0 N–H and O–H groups in total. The molecule has 130 valence electrons. The number of halogens is 2. The molecule has 1 saturated carbocycles. The second-order valence-corrected chi connectivity index (χ2v) is 6.89. The first-order chi connectivity index (χ1) is 12.0. The minimum Gasteiger partial charge on any atom is -0.465 e. The third kappa shape index (κ3) is 3.44. The minimum absolute atomic E-state index is 0.131. The monoisotopic (exact) mass is 376 g/mol. The van der Waals surface area contributed by atoms with Gasteiger partial charge in [-0.2, -0.15) is 0 Å². The van der Waals surface area contributed by atoms with Gasteiger partial charge in [-0.3, -0.25) is 9.59 Å². The lowest BCUT2D eigenvalue weighted by Crippen LogP contribution is -2.27. The Kier molecular flexibility index (Phi) is 5.45. The summed E-state index contributed by atoms with van der Waals surface area (Å²) >= 11 is 12.8. The Balaban J connectivity index is 2.12. The van der Waals surface area contributed by atoms with Crippen LogP contribution in [0.5, 0.6) is 0 Å². The Morgan fingerprint density at radius 2 is 1.60 bits per heavy atom. The van der Waals surface area contributed by atoms with Gasteiger partial charge in [0.05, 0.1) is 6.61 Å². The third-order valence-corrected chi connectivity index (χ3v) is 5.36. The summed E-state index contributed by atoms with van der Waals surface area (Å²) in [5, 5.41) is 1.12. The molecular formula is C20H18Cl2O3. The Hall–Kier alpha value is -1.84. The van der Waals surface area contributed by atoms with Crippen molar-refractivity contribution in [3.8, 4) is 0 Å². The van der Waals surface area contributed by atoms with Crippen molar-refractivity contribution in [1.29, 1.82) is 0 Å². The van der Waals surface area contributed by atoms with E-state index in [9.17, 15) is 9.59 Å². The lowest BCUT2D eigenvalue weighted by Gasteiger charge is -2.25. The quantitative estimate of drug-likeness (QED) is 0.556. The molecular weight excluding hydrogens is 359 g/mol. The average Bonchev–Trinajstić information content (AvgIpc) is 2.93. The molecule has 2 aromatic carbocycles. The van der Waals surface area contributed by atoms with Crippen LogP contribution in [0.4, 0.5) is 0 Å². The SMILES string of the molecule is CCOC(=O)[C@H]1C(=O)C[C@@H](c2ccccc2Cl)[C@H]1c1ccccc1Cl. The van der Waals surface area contributed by atoms with Crippen molar-refractivity contribution in [3.05, 3.63) is 69.7 Å². The standard InChI is InChI=1S/C20H18Cl2O3/c1-2-25-20(24)19-17(23)11-14(12-7-3-5-9-15(12)21)18(19)13-8-4-6-10-16(13)22/h3-10,14,18-19H,2,11H2,1H3/t14-,18+,19-/m0/s1. The second kappa shape index (κ2) is 7.59. The first-order valence-corrected chi connectivity index (χ1v) is 8.98. The van der Waals surface area contributed by atoms with E-state index in [-0.39, 0.29) is 30.6 Å². The maximum Gasteiger partial charge on any atom is 0.317 e. The molecule has 25 heavy (non-hydrogen) atoms. The van der Waals surface area contributed by atoms with Gasteiger partial charge < -0.3 is 4.74 Å². The Bertz CT molecular complexity index is 803. The van der Waals surface area contributed by atoms with E-state index < -0.39 is 11.9 Å². The fourth-order valence-corrected chi connectivity index (χ4v) is 4.17. The summed E-state index contributed by atoms with van der Waals surface area (Å²) in [6.45, 7) is 1.96. The maximum atomic E-state index is 12.7. The second-order valence-electron chi connectivity index (χ2n) is 6.08. The number of ketones is 1. The molecule has 5 heteroatoms. The van der Waals surface area contributed by atoms with E-state index in [0.29, 0.717) is 10.0 Å². The topological polar surface area (TPSA) is 43.4 Å². The molecule has 0 amide bonds. The Morgan fingerprint density at radius 1 is 1.04 bits per heavy atom. The fraction of sp³-hybridized carbons (Fsp3) is 0.300. The summed E-state index contributed by atoms with van der Waals surface area (Å²) in [7, 11) is 0. The molecule has 0 bridgehead atoms. The predicted molar refractivity (Wildman–Crippen MR) is 98.1 cm³/mol. The number of hydrogen-bond donors (Lipinski definition) is 0. The van der Waals surface area contributed by atoms with E-state index in [1.807, 2.05) is 36.4 Å². The fourth-order valence-electron chi connectivity index (χ4n) is 3.63. The molecule has 1 aliphatic carbocycles. The van der Waals surface area contributed by atoms with Gasteiger partial charge >= 0.3 is 5.97 Å². The van der Waals surface area contributed by atoms with Crippen molar-refractivity contribution >= 4 is 35.0 Å². The van der Waals surface area contributed by atoms with Gasteiger partial charge in [-0.15, -0.1) is 0 Å². The summed E-state index contributed by atoms with van der Waals surface area (Å²) in [4.78, 5) is 25.2. The molecule has 0 unspecified atom stereocenters. The summed E-state index contributed by atoms with van der Waals surface area (Å²) in [5.41, 5.74) is 1.63. The molecule has 2 aromatic rings. The summed E-state index contributed by atoms with van der Waals surface area (Å²) < 4.78 is 5.17. The maximum absolute atomic E-state index is 12.7. The van der Waals surface area contributed by atoms with E-state index in [0.717, 1.165) is 11.1 Å². The molecule has 0 radical (unpaired) electrons. The highest BCUT2D eigenvalue weighted by Crippen LogP contribution is 2.51. The first kappa shape index (κ1) is 18.0. The molecule has 1 aliphatic rings. The van der Waals surface area contributed by atoms with Crippen molar-refractivity contribution in [1.82, 2.24) is 0 Å². The zero-order valence-electron chi connectivity index (χ0n) is 13.7. The summed E-state index contributed by atoms with van der Waals surface area (Å²) in [6.07, 6.45) is 0.239. The van der Waals surface area contributed by atoms with Crippen molar-refractivity contribution in [3.63, 3.8) is 0 Å². The average molecular weight is 377 g/mol. The number of hydrogen-bond acceptors (Lipinski definition) is 3. The van der Waals surface area contributed by atoms with Crippen LogP contribution in [0.25, 0.3) is 0 Å². The zero-order valence-corrected chi connectivity index (χ0v) is 15.3. The molecule has 1 fully saturated rings. The number of ether oxygens (including phenoxy) is 1. The van der Waals surface area contributed by atoms with Gasteiger partial charge in [0.15, 0.2) is 0 Å². The van der Waals surface area contributed by atoms with E-state index in [1.54, 1.807) is 19.1 Å². The van der Waals surface area contributed by atoms with Gasteiger partial charge in [0.25, 0.3) is 0 Å². The molecule has 0 heterocycles. The number of benzene rings is 2. The van der Waals surface area contributed by atoms with Crippen LogP contribution in [0.2, 0.25) is 10.0 Å². The van der Waals surface area contributed by atoms with Gasteiger partial charge in [0, 0.05) is 28.3 Å². The van der Waals surface area contributed by atoms with Gasteiger partial charge in [-0.1, -0.05) is 59.6 Å². The van der Waals surface area contributed by atoms with E-state index >= 15 is 0 Å². The lowest BCUT2D eigenvalue weighted by molar-refractivity contribution is -0.151. The van der Waals surface area contributed by atoms with Gasteiger partial charge in [-0.25, -0.2) is 0 Å². The van der Waals surface area contributed by atoms with Crippen LogP contribution in [-0.2, 0) is 14.3 Å². The van der Waals surface area contributed by atoms with Crippen LogP contribution in [0, 0.1) is 5.92 Å². The van der Waals surface area contributed by atoms with Crippen LogP contribution in [0.15, 0.2) is 48.5 Å². The van der Waals surface area contributed by atoms with Gasteiger partial charge in [-0.05, 0) is 30.2 Å². The molecule has 3 atom stereocenters. The summed E-state index contributed by atoms with van der Waals surface area (Å²) in [6, 6.07) is 14.7. The van der Waals surface area contributed by atoms with Crippen LogP contribution < -0.4 is 0 Å². The van der Waals surface area contributed by atoms with Crippen molar-refractivity contribution in [2.75, 3.05) is 6.61 Å². The van der Waals surface area contributed by atoms with E-state index in [1.165, 1.54) is 0 Å². The van der Waals surface area contributed by atoms with Crippen LogP contribution in [0.1, 0.15) is 36.3 Å². The molecule has 0 saturated heterocycles. The van der Waals surface area contributed by atoms with E-state index in [2.05, 4.69) is 0 Å². The van der Waals surface area contributed by atoms with Crippen LogP contribution >= 0.6 is 23.2 Å². The first-order valence-electron chi connectivity index (χ1n) is 8.22. The Labute approximate surface area is 156 Å². The predicted octanol–water partition coefficient (Wildman–Crippen LogP) is 5.01. The molecule has 0 aromatic heterocycles.